The standard InChI is InChI=1S/C22H24F3N3O5/c1-15(13-29)14-33-20-7-6-18(28(31)32)12-19(20)21(30)27-10-8-26(9-11-27)17-4-2-16(3-5-17)22(23,24)25/h2-7,12,15,29H,8-11,13-14H2,1H3/t15-/m1/s1. The van der Waals surface area contributed by atoms with Crippen molar-refractivity contribution < 1.29 is 32.7 Å². The number of rotatable bonds is 7. The first-order valence-electron chi connectivity index (χ1n) is 10.3. The normalized spacial score (nSPS) is 15.3. The maximum Gasteiger partial charge on any atom is 0.416 e. The molecule has 1 amide bonds. The van der Waals surface area contributed by atoms with Crippen molar-refractivity contribution in [3.05, 3.63) is 63.7 Å². The van der Waals surface area contributed by atoms with Gasteiger partial charge in [-0.3, -0.25) is 14.9 Å². The zero-order valence-corrected chi connectivity index (χ0v) is 17.9. The Morgan fingerprint density at radius 3 is 2.33 bits per heavy atom. The molecule has 178 valence electrons. The predicted molar refractivity (Wildman–Crippen MR) is 114 cm³/mol. The van der Waals surface area contributed by atoms with Gasteiger partial charge in [-0.05, 0) is 30.3 Å². The van der Waals surface area contributed by atoms with Crippen LogP contribution in [0.4, 0.5) is 24.5 Å². The zero-order chi connectivity index (χ0) is 24.2. The van der Waals surface area contributed by atoms with E-state index in [4.69, 9.17) is 4.74 Å². The van der Waals surface area contributed by atoms with E-state index in [0.717, 1.165) is 12.1 Å². The molecule has 1 fully saturated rings. The summed E-state index contributed by atoms with van der Waals surface area (Å²) >= 11 is 0. The average molecular weight is 467 g/mol. The lowest BCUT2D eigenvalue weighted by molar-refractivity contribution is -0.384. The number of carbonyl (C=O) groups excluding carboxylic acids is 1. The van der Waals surface area contributed by atoms with Gasteiger partial charge in [-0.1, -0.05) is 6.92 Å². The second-order valence-corrected chi connectivity index (χ2v) is 7.86. The van der Waals surface area contributed by atoms with Crippen LogP contribution < -0.4 is 9.64 Å². The van der Waals surface area contributed by atoms with Crippen molar-refractivity contribution in [3.63, 3.8) is 0 Å². The molecule has 2 aromatic rings. The van der Waals surface area contributed by atoms with Crippen LogP contribution in [-0.2, 0) is 6.18 Å². The Hall–Kier alpha value is -3.34. The SMILES string of the molecule is C[C@H](CO)COc1ccc([N+](=O)[O-])cc1C(=O)N1CCN(c2ccc(C(F)(F)F)cc2)CC1. The number of carbonyl (C=O) groups is 1. The van der Waals surface area contributed by atoms with E-state index >= 15 is 0 Å². The van der Waals surface area contributed by atoms with Gasteiger partial charge in [0, 0.05) is 56.5 Å². The maximum absolute atomic E-state index is 13.1. The van der Waals surface area contributed by atoms with Gasteiger partial charge in [0.05, 0.1) is 22.7 Å². The Balaban J connectivity index is 1.71. The number of aliphatic hydroxyl groups is 1. The Labute approximate surface area is 188 Å². The van der Waals surface area contributed by atoms with Crippen LogP contribution in [0.15, 0.2) is 42.5 Å². The molecular formula is C22H24F3N3O5. The average Bonchev–Trinajstić information content (AvgIpc) is 2.81. The Morgan fingerprint density at radius 2 is 1.79 bits per heavy atom. The van der Waals surface area contributed by atoms with Gasteiger partial charge in [0.2, 0.25) is 0 Å². The molecule has 0 aromatic heterocycles. The molecule has 0 bridgehead atoms. The van der Waals surface area contributed by atoms with E-state index in [9.17, 15) is 33.2 Å². The number of aliphatic hydroxyl groups excluding tert-OH is 1. The van der Waals surface area contributed by atoms with Gasteiger partial charge < -0.3 is 19.6 Å². The number of benzene rings is 2. The Kier molecular flexibility index (Phi) is 7.42. The molecule has 1 atom stereocenters. The molecule has 0 radical (unpaired) electrons. The van der Waals surface area contributed by atoms with Gasteiger partial charge in [0.1, 0.15) is 5.75 Å². The molecule has 3 rings (SSSR count). The molecular weight excluding hydrogens is 443 g/mol. The van der Waals surface area contributed by atoms with Crippen molar-refractivity contribution >= 4 is 17.3 Å². The van der Waals surface area contributed by atoms with Crippen LogP contribution in [0.5, 0.6) is 5.75 Å². The van der Waals surface area contributed by atoms with Crippen LogP contribution in [0.1, 0.15) is 22.8 Å². The highest BCUT2D eigenvalue weighted by Gasteiger charge is 2.31. The van der Waals surface area contributed by atoms with Crippen LogP contribution in [0.25, 0.3) is 0 Å². The number of hydrogen-bond donors (Lipinski definition) is 1. The second-order valence-electron chi connectivity index (χ2n) is 7.86. The number of alkyl halides is 3. The minimum atomic E-state index is -4.41. The first kappa shape index (κ1) is 24.3. The summed E-state index contributed by atoms with van der Waals surface area (Å²) in [6.07, 6.45) is -4.41. The lowest BCUT2D eigenvalue weighted by Gasteiger charge is -2.36. The summed E-state index contributed by atoms with van der Waals surface area (Å²) in [5.74, 6) is -0.427. The summed E-state index contributed by atoms with van der Waals surface area (Å²) in [5.41, 5.74) is -0.303. The molecule has 1 heterocycles. The van der Waals surface area contributed by atoms with Crippen LogP contribution in [0, 0.1) is 16.0 Å². The van der Waals surface area contributed by atoms with Gasteiger partial charge in [-0.25, -0.2) is 0 Å². The van der Waals surface area contributed by atoms with E-state index in [2.05, 4.69) is 0 Å². The molecule has 8 nitrogen and oxygen atoms in total. The van der Waals surface area contributed by atoms with Gasteiger partial charge >= 0.3 is 6.18 Å². The summed E-state index contributed by atoms with van der Waals surface area (Å²) in [7, 11) is 0. The van der Waals surface area contributed by atoms with Crippen LogP contribution >= 0.6 is 0 Å². The minimum absolute atomic E-state index is 0.0531. The number of anilines is 1. The molecule has 0 unspecified atom stereocenters. The molecule has 2 aromatic carbocycles. The first-order chi connectivity index (χ1) is 15.6. The van der Waals surface area contributed by atoms with Crippen molar-refractivity contribution in [1.82, 2.24) is 4.90 Å². The molecule has 1 N–H and O–H groups in total. The number of nitrogens with zero attached hydrogens (tertiary/aromatic N) is 3. The molecule has 1 aliphatic heterocycles. The fourth-order valence-electron chi connectivity index (χ4n) is 3.41. The topological polar surface area (TPSA) is 96.1 Å². The Morgan fingerprint density at radius 1 is 1.15 bits per heavy atom. The number of nitro groups is 1. The van der Waals surface area contributed by atoms with Crippen LogP contribution in [0.3, 0.4) is 0 Å². The van der Waals surface area contributed by atoms with E-state index in [1.54, 1.807) is 6.92 Å². The number of amides is 1. The summed E-state index contributed by atoms with van der Waals surface area (Å²) in [6.45, 7) is 3.14. The molecule has 0 saturated carbocycles. The fraction of sp³-hybridized carbons (Fsp3) is 0.409. The van der Waals surface area contributed by atoms with Crippen LogP contribution in [-0.4, -0.2) is 60.2 Å². The maximum atomic E-state index is 13.1. The van der Waals surface area contributed by atoms with E-state index in [-0.39, 0.29) is 49.2 Å². The lowest BCUT2D eigenvalue weighted by atomic mass is 10.1. The van der Waals surface area contributed by atoms with E-state index in [0.29, 0.717) is 18.8 Å². The summed E-state index contributed by atoms with van der Waals surface area (Å²) in [5, 5.41) is 20.4. The highest BCUT2D eigenvalue weighted by atomic mass is 19.4. The van der Waals surface area contributed by atoms with Gasteiger partial charge in [0.15, 0.2) is 0 Å². The van der Waals surface area contributed by atoms with Crippen molar-refractivity contribution in [2.45, 2.75) is 13.1 Å². The minimum Gasteiger partial charge on any atom is -0.492 e. The lowest BCUT2D eigenvalue weighted by Crippen LogP contribution is -2.48. The molecule has 1 saturated heterocycles. The third-order valence-corrected chi connectivity index (χ3v) is 5.37. The molecule has 0 spiro atoms. The summed E-state index contributed by atoms with van der Waals surface area (Å²) in [4.78, 5) is 27.1. The summed E-state index contributed by atoms with van der Waals surface area (Å²) in [6, 6.07) is 8.62. The third kappa shape index (κ3) is 5.92. The van der Waals surface area contributed by atoms with Crippen molar-refractivity contribution in [3.8, 4) is 5.75 Å². The Bertz CT molecular complexity index is 990. The zero-order valence-electron chi connectivity index (χ0n) is 17.9. The van der Waals surface area contributed by atoms with E-state index in [1.165, 1.54) is 35.2 Å². The number of non-ortho nitro benzene ring substituents is 1. The summed E-state index contributed by atoms with van der Waals surface area (Å²) < 4.78 is 43.9. The number of nitro benzene ring substituents is 1. The van der Waals surface area contributed by atoms with E-state index in [1.807, 2.05) is 4.90 Å². The smallest absolute Gasteiger partial charge is 0.416 e. The highest BCUT2D eigenvalue weighted by Crippen LogP contribution is 2.31. The van der Waals surface area contributed by atoms with Crippen molar-refractivity contribution in [1.29, 1.82) is 0 Å². The second kappa shape index (κ2) is 10.1. The molecule has 0 aliphatic carbocycles. The van der Waals surface area contributed by atoms with E-state index < -0.39 is 22.6 Å². The molecule has 1 aliphatic rings. The van der Waals surface area contributed by atoms with Gasteiger partial charge in [-0.2, -0.15) is 13.2 Å². The third-order valence-electron chi connectivity index (χ3n) is 5.37. The van der Waals surface area contributed by atoms with Gasteiger partial charge in [-0.15, -0.1) is 0 Å². The monoisotopic (exact) mass is 467 g/mol. The number of piperazine rings is 1. The number of halogens is 3. The largest absolute Gasteiger partial charge is 0.492 e. The van der Waals surface area contributed by atoms with Crippen molar-refractivity contribution in [2.24, 2.45) is 5.92 Å². The van der Waals surface area contributed by atoms with Gasteiger partial charge in [0.25, 0.3) is 11.6 Å². The molecule has 33 heavy (non-hydrogen) atoms. The molecule has 11 heteroatoms. The predicted octanol–water partition coefficient (Wildman–Crippen LogP) is 3.58. The highest BCUT2D eigenvalue weighted by molar-refractivity contribution is 5.97. The number of ether oxygens (including phenoxy) is 1. The van der Waals surface area contributed by atoms with Crippen molar-refractivity contribution in [2.75, 3.05) is 44.3 Å². The fourth-order valence-corrected chi connectivity index (χ4v) is 3.41. The quantitative estimate of drug-likeness (QED) is 0.494. The number of hydrogen-bond acceptors (Lipinski definition) is 6. The first-order valence-corrected chi connectivity index (χ1v) is 10.3. The van der Waals surface area contributed by atoms with Crippen LogP contribution in [0.2, 0.25) is 0 Å².